The van der Waals surface area contributed by atoms with Gasteiger partial charge in [-0.05, 0) is 36.4 Å². The fraction of sp³-hybridized carbons (Fsp3) is 0.800. The van der Waals surface area contributed by atoms with Crippen LogP contribution in [-0.4, -0.2) is 10.7 Å². The van der Waals surface area contributed by atoms with Crippen molar-refractivity contribution < 1.29 is 0 Å². The lowest BCUT2D eigenvalue weighted by Gasteiger charge is -1.98. The van der Waals surface area contributed by atoms with E-state index in [2.05, 4.69) is 0 Å². The van der Waals surface area contributed by atoms with Crippen LogP contribution in [0.5, 0.6) is 0 Å². The van der Waals surface area contributed by atoms with Gasteiger partial charge < -0.3 is 0 Å². The first-order valence-corrected chi connectivity index (χ1v) is 5.73. The van der Waals surface area contributed by atoms with Crippen molar-refractivity contribution in [2.75, 3.05) is 0 Å². The molecule has 0 bridgehead atoms. The van der Waals surface area contributed by atoms with Crippen LogP contribution in [0.2, 0.25) is 0 Å². The summed E-state index contributed by atoms with van der Waals surface area (Å²) in [4.78, 5) is 0. The molecular formula is C10H18S2. The van der Waals surface area contributed by atoms with Gasteiger partial charge >= 0.3 is 0 Å². The average molecular weight is 202 g/mol. The van der Waals surface area contributed by atoms with Crippen molar-refractivity contribution in [3.63, 3.8) is 0 Å². The zero-order valence-electron chi connectivity index (χ0n) is 7.63. The van der Waals surface area contributed by atoms with E-state index in [-0.39, 0.29) is 0 Å². The van der Waals surface area contributed by atoms with Gasteiger partial charge in [-0.2, -0.15) is 0 Å². The Hall–Kier alpha value is 0.180. The van der Waals surface area contributed by atoms with Crippen LogP contribution in [-0.2, 0) is 0 Å². The molecule has 12 heavy (non-hydrogen) atoms. The summed E-state index contributed by atoms with van der Waals surface area (Å²) >= 11 is 9.49. The molecule has 70 valence electrons. The van der Waals surface area contributed by atoms with Gasteiger partial charge in [0.05, 0.1) is 0 Å². The first kappa shape index (κ1) is 12.2. The summed E-state index contributed by atoms with van der Waals surface area (Å²) in [5.74, 6) is 0. The summed E-state index contributed by atoms with van der Waals surface area (Å²) < 4.78 is 0. The second kappa shape index (κ2) is 11.2. The molecule has 0 aliphatic heterocycles. The Labute approximate surface area is 86.7 Å². The molecule has 0 aliphatic rings. The van der Waals surface area contributed by atoms with E-state index >= 15 is 0 Å². The summed E-state index contributed by atoms with van der Waals surface area (Å²) in [5, 5.41) is 3.68. The van der Waals surface area contributed by atoms with Gasteiger partial charge in [0.15, 0.2) is 0 Å². The van der Waals surface area contributed by atoms with Crippen molar-refractivity contribution in [1.29, 1.82) is 0 Å². The largest absolute Gasteiger partial charge is 0.0935 e. The SMILES string of the molecule is S=CCCCCCCCCC=S. The topological polar surface area (TPSA) is 0 Å². The smallest absolute Gasteiger partial charge is 0.0210 e. The van der Waals surface area contributed by atoms with Gasteiger partial charge in [0.2, 0.25) is 0 Å². The van der Waals surface area contributed by atoms with Crippen molar-refractivity contribution in [3.8, 4) is 0 Å². The first-order valence-electron chi connectivity index (χ1n) is 4.79. The third-order valence-corrected chi connectivity index (χ3v) is 2.37. The minimum atomic E-state index is 1.11. The van der Waals surface area contributed by atoms with Crippen LogP contribution in [0.15, 0.2) is 0 Å². The molecule has 0 heterocycles. The van der Waals surface area contributed by atoms with Crippen molar-refractivity contribution in [2.24, 2.45) is 0 Å². The van der Waals surface area contributed by atoms with Gasteiger partial charge in [-0.25, -0.2) is 0 Å². The van der Waals surface area contributed by atoms with Gasteiger partial charge in [0.25, 0.3) is 0 Å². The average Bonchev–Trinajstić information content (AvgIpc) is 2.10. The zero-order chi connectivity index (χ0) is 9.07. The Morgan fingerprint density at radius 3 is 1.25 bits per heavy atom. The van der Waals surface area contributed by atoms with Crippen molar-refractivity contribution >= 4 is 35.2 Å². The van der Waals surface area contributed by atoms with Crippen LogP contribution in [0, 0.1) is 0 Å². The quantitative estimate of drug-likeness (QED) is 0.408. The van der Waals surface area contributed by atoms with Crippen LogP contribution >= 0.6 is 24.4 Å². The fourth-order valence-corrected chi connectivity index (χ4v) is 1.50. The standard InChI is InChI=1S/C10H18S2/c11-9-7-5-3-1-2-4-6-8-10-12/h9-10H,1-8H2. The van der Waals surface area contributed by atoms with Crippen molar-refractivity contribution in [3.05, 3.63) is 0 Å². The lowest BCUT2D eigenvalue weighted by molar-refractivity contribution is 0.610. The molecular weight excluding hydrogens is 184 g/mol. The van der Waals surface area contributed by atoms with Crippen molar-refractivity contribution in [2.45, 2.75) is 51.4 Å². The maximum absolute atomic E-state index is 4.75. The van der Waals surface area contributed by atoms with Crippen LogP contribution in [0.1, 0.15) is 51.4 Å². The molecule has 2 heteroatoms. The molecule has 0 atom stereocenters. The molecule has 0 fully saturated rings. The molecule has 0 aromatic carbocycles. The number of hydrogen-bond donors (Lipinski definition) is 0. The third kappa shape index (κ3) is 10.2. The third-order valence-electron chi connectivity index (χ3n) is 1.89. The Balaban J connectivity index is 2.81. The van der Waals surface area contributed by atoms with Gasteiger partial charge in [-0.15, -0.1) is 0 Å². The van der Waals surface area contributed by atoms with E-state index in [0.29, 0.717) is 0 Å². The molecule has 0 aromatic heterocycles. The minimum Gasteiger partial charge on any atom is -0.0935 e. The van der Waals surface area contributed by atoms with Crippen LogP contribution in [0.4, 0.5) is 0 Å². The van der Waals surface area contributed by atoms with Crippen LogP contribution in [0.25, 0.3) is 0 Å². The van der Waals surface area contributed by atoms with E-state index in [4.69, 9.17) is 24.4 Å². The second-order valence-corrected chi connectivity index (χ2v) is 3.70. The van der Waals surface area contributed by atoms with E-state index in [0.717, 1.165) is 12.8 Å². The Bertz CT molecular complexity index is 96.4. The monoisotopic (exact) mass is 202 g/mol. The maximum atomic E-state index is 4.75. The molecule has 0 rings (SSSR count). The first-order chi connectivity index (χ1) is 5.91. The molecule has 0 saturated heterocycles. The molecule has 0 saturated carbocycles. The van der Waals surface area contributed by atoms with Gasteiger partial charge in [0.1, 0.15) is 0 Å². The molecule has 0 radical (unpaired) electrons. The highest BCUT2D eigenvalue weighted by molar-refractivity contribution is 7.79. The van der Waals surface area contributed by atoms with E-state index < -0.39 is 0 Å². The highest BCUT2D eigenvalue weighted by atomic mass is 32.1. The molecule has 0 unspecified atom stereocenters. The summed E-state index contributed by atoms with van der Waals surface area (Å²) in [6, 6.07) is 0. The minimum absolute atomic E-state index is 1.11. The summed E-state index contributed by atoms with van der Waals surface area (Å²) in [6.07, 6.45) is 10.2. The zero-order valence-corrected chi connectivity index (χ0v) is 9.26. The van der Waals surface area contributed by atoms with E-state index in [1.165, 1.54) is 38.5 Å². The summed E-state index contributed by atoms with van der Waals surface area (Å²) in [7, 11) is 0. The molecule has 0 spiro atoms. The van der Waals surface area contributed by atoms with Crippen LogP contribution in [0.3, 0.4) is 0 Å². The Morgan fingerprint density at radius 1 is 0.583 bits per heavy atom. The molecule has 0 nitrogen and oxygen atoms in total. The van der Waals surface area contributed by atoms with E-state index in [9.17, 15) is 0 Å². The lowest BCUT2D eigenvalue weighted by Crippen LogP contribution is -1.81. The second-order valence-electron chi connectivity index (χ2n) is 3.03. The molecule has 0 amide bonds. The van der Waals surface area contributed by atoms with Crippen molar-refractivity contribution in [1.82, 2.24) is 0 Å². The van der Waals surface area contributed by atoms with E-state index in [1.807, 2.05) is 10.7 Å². The summed E-state index contributed by atoms with van der Waals surface area (Å²) in [5.41, 5.74) is 0. The van der Waals surface area contributed by atoms with Crippen LogP contribution < -0.4 is 0 Å². The Morgan fingerprint density at radius 2 is 0.917 bits per heavy atom. The number of hydrogen-bond acceptors (Lipinski definition) is 2. The molecule has 0 aromatic rings. The highest BCUT2D eigenvalue weighted by Crippen LogP contribution is 2.07. The normalized spacial score (nSPS) is 9.67. The number of rotatable bonds is 9. The summed E-state index contributed by atoms with van der Waals surface area (Å²) in [6.45, 7) is 0. The van der Waals surface area contributed by atoms with Gasteiger partial charge in [-0.1, -0.05) is 50.1 Å². The number of thiocarbonyl (C=S) groups is 2. The lowest BCUT2D eigenvalue weighted by atomic mass is 10.1. The number of unbranched alkanes of at least 4 members (excludes halogenated alkanes) is 7. The van der Waals surface area contributed by atoms with Gasteiger partial charge in [-0.3, -0.25) is 0 Å². The molecule has 0 N–H and O–H groups in total. The predicted molar refractivity (Wildman–Crippen MR) is 64.2 cm³/mol. The van der Waals surface area contributed by atoms with Gasteiger partial charge in [0, 0.05) is 0 Å². The maximum Gasteiger partial charge on any atom is -0.0210 e. The van der Waals surface area contributed by atoms with E-state index in [1.54, 1.807) is 0 Å². The Kier molecular flexibility index (Phi) is 11.3. The highest BCUT2D eigenvalue weighted by Gasteiger charge is 1.89. The fourth-order valence-electron chi connectivity index (χ4n) is 1.16. The molecule has 0 aliphatic carbocycles. The predicted octanol–water partition coefficient (Wildman–Crippen LogP) is 4.11.